The van der Waals surface area contributed by atoms with E-state index in [4.69, 9.17) is 0 Å². The summed E-state index contributed by atoms with van der Waals surface area (Å²) in [5.41, 5.74) is 0. The maximum absolute atomic E-state index is 3.78. The fraction of sp³-hybridized carbons (Fsp3) is 1.00. The molecule has 0 amide bonds. The van der Waals surface area contributed by atoms with E-state index in [1.807, 2.05) is 0 Å². The molecule has 96 valence electrons. The van der Waals surface area contributed by atoms with Gasteiger partial charge in [0.25, 0.3) is 0 Å². The molecule has 0 aromatic heterocycles. The minimum absolute atomic E-state index is 0.895. The van der Waals surface area contributed by atoms with Gasteiger partial charge >= 0.3 is 0 Å². The third-order valence-electron chi connectivity index (χ3n) is 6.44. The molecule has 0 aromatic rings. The third kappa shape index (κ3) is 1.95. The molecule has 5 rings (SSSR count). The molecule has 1 N–H and O–H groups in total. The summed E-state index contributed by atoms with van der Waals surface area (Å²) < 4.78 is 0. The van der Waals surface area contributed by atoms with Gasteiger partial charge in [-0.3, -0.25) is 0 Å². The lowest BCUT2D eigenvalue weighted by Gasteiger charge is -2.54. The van der Waals surface area contributed by atoms with Crippen LogP contribution in [0.3, 0.4) is 0 Å². The summed E-state index contributed by atoms with van der Waals surface area (Å²) in [6, 6.07) is 0.895. The van der Waals surface area contributed by atoms with Crippen LogP contribution in [0.2, 0.25) is 0 Å². The van der Waals surface area contributed by atoms with Gasteiger partial charge in [-0.2, -0.15) is 0 Å². The molecule has 5 saturated carbocycles. The highest BCUT2D eigenvalue weighted by atomic mass is 14.9. The van der Waals surface area contributed by atoms with E-state index in [9.17, 15) is 0 Å². The first-order chi connectivity index (χ1) is 8.38. The van der Waals surface area contributed by atoms with Gasteiger partial charge in [-0.15, -0.1) is 0 Å². The monoisotopic (exact) mass is 233 g/mol. The molecule has 0 aromatic carbocycles. The molecule has 5 fully saturated rings. The summed E-state index contributed by atoms with van der Waals surface area (Å²) in [5.74, 6) is 5.67. The highest BCUT2D eigenvalue weighted by Gasteiger charge is 2.47. The van der Waals surface area contributed by atoms with Gasteiger partial charge in [0.2, 0.25) is 0 Å². The molecule has 0 saturated heterocycles. The molecule has 1 nitrogen and oxygen atoms in total. The van der Waals surface area contributed by atoms with Gasteiger partial charge in [-0.1, -0.05) is 6.42 Å². The molecule has 5 aliphatic rings. The average molecular weight is 233 g/mol. The van der Waals surface area contributed by atoms with Crippen LogP contribution < -0.4 is 5.32 Å². The smallest absolute Gasteiger partial charge is 0.00670 e. The van der Waals surface area contributed by atoms with Crippen molar-refractivity contribution in [3.63, 3.8) is 0 Å². The Morgan fingerprint density at radius 3 is 2.00 bits per heavy atom. The van der Waals surface area contributed by atoms with E-state index in [0.717, 1.165) is 35.6 Å². The largest absolute Gasteiger partial charge is 0.314 e. The van der Waals surface area contributed by atoms with Crippen LogP contribution in [-0.2, 0) is 0 Å². The lowest BCUT2D eigenvalue weighted by molar-refractivity contribution is -0.0396. The molecule has 0 atom stereocenters. The van der Waals surface area contributed by atoms with Crippen LogP contribution in [-0.4, -0.2) is 12.6 Å². The fourth-order valence-corrected chi connectivity index (χ4v) is 5.58. The Morgan fingerprint density at radius 1 is 0.824 bits per heavy atom. The van der Waals surface area contributed by atoms with Crippen molar-refractivity contribution in [3.05, 3.63) is 0 Å². The Kier molecular flexibility index (Phi) is 2.72. The molecule has 0 unspecified atom stereocenters. The topological polar surface area (TPSA) is 12.0 Å². The maximum atomic E-state index is 3.78. The van der Waals surface area contributed by atoms with E-state index in [2.05, 4.69) is 5.32 Å². The molecule has 17 heavy (non-hydrogen) atoms. The molecule has 1 heteroatoms. The van der Waals surface area contributed by atoms with Crippen molar-refractivity contribution in [2.24, 2.45) is 29.6 Å². The number of rotatable bonds is 4. The van der Waals surface area contributed by atoms with Gasteiger partial charge < -0.3 is 5.32 Å². The molecular formula is C16H27N. The Hall–Kier alpha value is -0.0400. The normalized spacial score (nSPS) is 48.4. The SMILES string of the molecule is C1CC(NCCC2C3CC4CC(C3)CC2C4)C1. The van der Waals surface area contributed by atoms with E-state index in [1.54, 1.807) is 32.1 Å². The molecule has 0 radical (unpaired) electrons. The number of hydrogen-bond donors (Lipinski definition) is 1. The van der Waals surface area contributed by atoms with Gasteiger partial charge in [0.1, 0.15) is 0 Å². The molecule has 0 aliphatic heterocycles. The van der Waals surface area contributed by atoms with Crippen molar-refractivity contribution >= 4 is 0 Å². The van der Waals surface area contributed by atoms with E-state index in [0.29, 0.717) is 0 Å². The third-order valence-corrected chi connectivity index (χ3v) is 6.44. The Bertz CT molecular complexity index is 253. The predicted octanol–water partition coefficient (Wildman–Crippen LogP) is 3.59. The van der Waals surface area contributed by atoms with E-state index in [1.165, 1.54) is 32.2 Å². The highest BCUT2D eigenvalue weighted by Crippen LogP contribution is 2.57. The van der Waals surface area contributed by atoms with Gasteiger partial charge in [0, 0.05) is 6.04 Å². The molecule has 0 heterocycles. The first-order valence-corrected chi connectivity index (χ1v) is 8.12. The lowest BCUT2D eigenvalue weighted by atomic mass is 9.51. The summed E-state index contributed by atoms with van der Waals surface area (Å²) in [4.78, 5) is 0. The molecule has 4 bridgehead atoms. The minimum Gasteiger partial charge on any atom is -0.314 e. The second-order valence-electron chi connectivity index (χ2n) is 7.47. The van der Waals surface area contributed by atoms with Gasteiger partial charge in [-0.25, -0.2) is 0 Å². The second kappa shape index (κ2) is 4.26. The molecule has 0 spiro atoms. The van der Waals surface area contributed by atoms with Crippen molar-refractivity contribution in [2.45, 2.75) is 63.8 Å². The van der Waals surface area contributed by atoms with Gasteiger partial charge in [0.05, 0.1) is 0 Å². The van der Waals surface area contributed by atoms with E-state index >= 15 is 0 Å². The standard InChI is InChI=1S/C16H27N/c1-2-15(3-1)17-5-4-16-13-7-11-6-12(9-13)10-14(16)8-11/h11-17H,1-10H2. The van der Waals surface area contributed by atoms with Crippen molar-refractivity contribution in [3.8, 4) is 0 Å². The highest BCUT2D eigenvalue weighted by molar-refractivity contribution is 4.98. The molecule has 5 aliphatic carbocycles. The minimum atomic E-state index is 0.895. The average Bonchev–Trinajstić information content (AvgIpc) is 2.23. The van der Waals surface area contributed by atoms with Crippen molar-refractivity contribution in [1.82, 2.24) is 5.32 Å². The number of hydrogen-bond acceptors (Lipinski definition) is 1. The Morgan fingerprint density at radius 2 is 1.47 bits per heavy atom. The zero-order valence-corrected chi connectivity index (χ0v) is 11.0. The summed E-state index contributed by atoms with van der Waals surface area (Å²) in [6.45, 7) is 1.32. The number of nitrogens with one attached hydrogen (secondary N) is 1. The van der Waals surface area contributed by atoms with Gasteiger partial charge in [-0.05, 0) is 87.5 Å². The van der Waals surface area contributed by atoms with Crippen LogP contribution in [0, 0.1) is 29.6 Å². The second-order valence-corrected chi connectivity index (χ2v) is 7.47. The summed E-state index contributed by atoms with van der Waals surface area (Å²) in [7, 11) is 0. The van der Waals surface area contributed by atoms with Crippen molar-refractivity contribution < 1.29 is 0 Å². The Balaban J connectivity index is 1.31. The van der Waals surface area contributed by atoms with Crippen LogP contribution in [0.5, 0.6) is 0 Å². The van der Waals surface area contributed by atoms with E-state index < -0.39 is 0 Å². The quantitative estimate of drug-likeness (QED) is 0.782. The fourth-order valence-electron chi connectivity index (χ4n) is 5.58. The zero-order chi connectivity index (χ0) is 11.2. The van der Waals surface area contributed by atoms with Crippen molar-refractivity contribution in [1.29, 1.82) is 0 Å². The van der Waals surface area contributed by atoms with Crippen molar-refractivity contribution in [2.75, 3.05) is 6.54 Å². The van der Waals surface area contributed by atoms with Gasteiger partial charge in [0.15, 0.2) is 0 Å². The first kappa shape index (κ1) is 10.8. The van der Waals surface area contributed by atoms with E-state index in [-0.39, 0.29) is 0 Å². The van der Waals surface area contributed by atoms with Crippen LogP contribution in [0.4, 0.5) is 0 Å². The summed E-state index contributed by atoms with van der Waals surface area (Å²) >= 11 is 0. The van der Waals surface area contributed by atoms with Crippen LogP contribution in [0.25, 0.3) is 0 Å². The van der Waals surface area contributed by atoms with Crippen LogP contribution in [0.1, 0.15) is 57.8 Å². The maximum Gasteiger partial charge on any atom is 0.00670 e. The molecular weight excluding hydrogens is 206 g/mol. The summed E-state index contributed by atoms with van der Waals surface area (Å²) in [5, 5.41) is 3.78. The predicted molar refractivity (Wildman–Crippen MR) is 70.8 cm³/mol. The Labute approximate surface area is 106 Å². The lowest BCUT2D eigenvalue weighted by Crippen LogP contribution is -2.46. The zero-order valence-electron chi connectivity index (χ0n) is 11.0. The van der Waals surface area contributed by atoms with Crippen LogP contribution in [0.15, 0.2) is 0 Å². The first-order valence-electron chi connectivity index (χ1n) is 8.12. The van der Waals surface area contributed by atoms with Crippen LogP contribution >= 0.6 is 0 Å². The summed E-state index contributed by atoms with van der Waals surface area (Å²) in [6.07, 6.45) is 13.8.